The van der Waals surface area contributed by atoms with Gasteiger partial charge in [0.15, 0.2) is 0 Å². The van der Waals surface area contributed by atoms with Crippen molar-refractivity contribution in [2.75, 3.05) is 6.54 Å². The number of para-hydroxylation sites is 1. The minimum Gasteiger partial charge on any atom is -0.328 e. The van der Waals surface area contributed by atoms with Gasteiger partial charge >= 0.3 is 0 Å². The maximum absolute atomic E-state index is 13.8. The van der Waals surface area contributed by atoms with Crippen LogP contribution in [0.3, 0.4) is 0 Å². The number of fused-ring (bicyclic) bond motifs is 1. The summed E-state index contributed by atoms with van der Waals surface area (Å²) in [6.07, 6.45) is 0. The molecule has 0 saturated carbocycles. The van der Waals surface area contributed by atoms with Gasteiger partial charge in [-0.3, -0.25) is 14.2 Å². The Hall–Kier alpha value is -3.80. The largest absolute Gasteiger partial charge is 0.328 e. The van der Waals surface area contributed by atoms with E-state index in [4.69, 9.17) is 4.98 Å². The molecule has 1 atom stereocenters. The Balaban J connectivity index is 1.94. The molecule has 0 aliphatic carbocycles. The molecule has 6 heteroatoms. The second-order valence-electron chi connectivity index (χ2n) is 9.45. The van der Waals surface area contributed by atoms with Gasteiger partial charge in [-0.05, 0) is 74.7 Å². The van der Waals surface area contributed by atoms with Crippen molar-refractivity contribution in [3.05, 3.63) is 105 Å². The first-order valence-corrected chi connectivity index (χ1v) is 11.8. The van der Waals surface area contributed by atoms with E-state index in [1.54, 1.807) is 15.5 Å². The van der Waals surface area contributed by atoms with Gasteiger partial charge in [0.25, 0.3) is 11.5 Å². The molecule has 0 spiro atoms. The molecular formula is C29H30FN3O2. The Morgan fingerprint density at radius 1 is 1.00 bits per heavy atom. The summed E-state index contributed by atoms with van der Waals surface area (Å²) in [7, 11) is 0. The van der Waals surface area contributed by atoms with Gasteiger partial charge < -0.3 is 4.90 Å². The molecule has 1 unspecified atom stereocenters. The van der Waals surface area contributed by atoms with Crippen molar-refractivity contribution >= 4 is 16.8 Å². The summed E-state index contributed by atoms with van der Waals surface area (Å²) in [6.45, 7) is 10.4. The lowest BCUT2D eigenvalue weighted by atomic mass is 10.1. The molecule has 5 nitrogen and oxygen atoms in total. The van der Waals surface area contributed by atoms with Crippen molar-refractivity contribution in [2.45, 2.75) is 40.7 Å². The molecule has 0 aliphatic rings. The molecule has 180 valence electrons. The summed E-state index contributed by atoms with van der Waals surface area (Å²) in [5, 5.41) is 0.517. The summed E-state index contributed by atoms with van der Waals surface area (Å²) >= 11 is 0. The normalized spacial score (nSPS) is 12.2. The van der Waals surface area contributed by atoms with Crippen LogP contribution < -0.4 is 5.56 Å². The van der Waals surface area contributed by atoms with Crippen molar-refractivity contribution in [1.82, 2.24) is 14.5 Å². The van der Waals surface area contributed by atoms with Crippen molar-refractivity contribution in [1.29, 1.82) is 0 Å². The number of hydrogen-bond acceptors (Lipinski definition) is 3. The van der Waals surface area contributed by atoms with Gasteiger partial charge in [-0.15, -0.1) is 0 Å². The molecule has 4 rings (SSSR count). The van der Waals surface area contributed by atoms with Gasteiger partial charge in [0.05, 0.1) is 22.6 Å². The number of carbonyl (C=O) groups is 1. The highest BCUT2D eigenvalue weighted by Gasteiger charge is 2.28. The summed E-state index contributed by atoms with van der Waals surface area (Å²) in [6, 6.07) is 18.2. The van der Waals surface area contributed by atoms with Crippen LogP contribution in [0.2, 0.25) is 0 Å². The second kappa shape index (κ2) is 9.82. The van der Waals surface area contributed by atoms with E-state index in [1.807, 2.05) is 71.0 Å². The fourth-order valence-corrected chi connectivity index (χ4v) is 4.43. The number of rotatable bonds is 6. The van der Waals surface area contributed by atoms with E-state index in [1.165, 1.54) is 24.3 Å². The van der Waals surface area contributed by atoms with Crippen LogP contribution in [0, 0.1) is 25.6 Å². The Labute approximate surface area is 204 Å². The van der Waals surface area contributed by atoms with Gasteiger partial charge in [0, 0.05) is 12.1 Å². The highest BCUT2D eigenvalue weighted by molar-refractivity contribution is 5.94. The van der Waals surface area contributed by atoms with Crippen LogP contribution >= 0.6 is 0 Å². The van der Waals surface area contributed by atoms with Gasteiger partial charge in [-0.1, -0.05) is 43.7 Å². The Morgan fingerprint density at radius 2 is 1.69 bits per heavy atom. The lowest BCUT2D eigenvalue weighted by molar-refractivity contribution is 0.0655. The summed E-state index contributed by atoms with van der Waals surface area (Å²) in [4.78, 5) is 34.0. The smallest absolute Gasteiger partial charge is 0.266 e. The average molecular weight is 472 g/mol. The van der Waals surface area contributed by atoms with Crippen LogP contribution in [0.15, 0.2) is 71.5 Å². The Morgan fingerprint density at radius 3 is 2.34 bits per heavy atom. The SMILES string of the molecule is Cc1ccc(-n2c(C(C)N(CC(C)C)C(=O)c3ccc(F)cc3)nc3ccccc3c2=O)c(C)c1. The average Bonchev–Trinajstić information content (AvgIpc) is 2.83. The zero-order chi connectivity index (χ0) is 25.3. The number of nitrogens with zero attached hydrogens (tertiary/aromatic N) is 3. The molecule has 0 aliphatic heterocycles. The van der Waals surface area contributed by atoms with Crippen LogP contribution in [0.4, 0.5) is 4.39 Å². The van der Waals surface area contributed by atoms with E-state index < -0.39 is 11.9 Å². The summed E-state index contributed by atoms with van der Waals surface area (Å²) in [5.74, 6) is 0.0195. The number of amides is 1. The van der Waals surface area contributed by atoms with Gasteiger partial charge in [-0.25, -0.2) is 9.37 Å². The van der Waals surface area contributed by atoms with Crippen LogP contribution in [0.1, 0.15) is 54.1 Å². The fourth-order valence-electron chi connectivity index (χ4n) is 4.43. The van der Waals surface area contributed by atoms with Gasteiger partial charge in [-0.2, -0.15) is 0 Å². The molecule has 0 fully saturated rings. The van der Waals surface area contributed by atoms with E-state index in [0.29, 0.717) is 28.8 Å². The number of aromatic nitrogens is 2. The third kappa shape index (κ3) is 4.87. The molecule has 35 heavy (non-hydrogen) atoms. The summed E-state index contributed by atoms with van der Waals surface area (Å²) < 4.78 is 15.1. The Bertz CT molecular complexity index is 1440. The van der Waals surface area contributed by atoms with E-state index >= 15 is 0 Å². The minimum absolute atomic E-state index is 0.170. The van der Waals surface area contributed by atoms with E-state index in [-0.39, 0.29) is 17.4 Å². The van der Waals surface area contributed by atoms with Crippen LogP contribution in [0.5, 0.6) is 0 Å². The highest BCUT2D eigenvalue weighted by Crippen LogP contribution is 2.27. The van der Waals surface area contributed by atoms with E-state index in [0.717, 1.165) is 16.8 Å². The number of hydrogen-bond donors (Lipinski definition) is 0. The molecule has 3 aromatic carbocycles. The van der Waals surface area contributed by atoms with Crippen LogP contribution in [-0.4, -0.2) is 26.9 Å². The van der Waals surface area contributed by atoms with Crippen molar-refractivity contribution in [3.8, 4) is 5.69 Å². The molecule has 0 radical (unpaired) electrons. The van der Waals surface area contributed by atoms with Crippen molar-refractivity contribution in [2.24, 2.45) is 5.92 Å². The lowest BCUT2D eigenvalue weighted by Gasteiger charge is -2.32. The monoisotopic (exact) mass is 471 g/mol. The number of halogens is 1. The molecule has 4 aromatic rings. The molecule has 1 aromatic heterocycles. The zero-order valence-electron chi connectivity index (χ0n) is 20.7. The Kier molecular flexibility index (Phi) is 6.83. The van der Waals surface area contributed by atoms with E-state index in [9.17, 15) is 14.0 Å². The number of carbonyl (C=O) groups excluding carboxylic acids is 1. The van der Waals surface area contributed by atoms with Gasteiger partial charge in [0.1, 0.15) is 11.6 Å². The predicted octanol–water partition coefficient (Wildman–Crippen LogP) is 6.00. The number of aryl methyl sites for hydroxylation is 2. The first-order valence-electron chi connectivity index (χ1n) is 11.8. The minimum atomic E-state index is -0.520. The maximum atomic E-state index is 13.8. The zero-order valence-corrected chi connectivity index (χ0v) is 20.7. The van der Waals surface area contributed by atoms with Gasteiger partial charge in [0.2, 0.25) is 0 Å². The topological polar surface area (TPSA) is 55.2 Å². The molecule has 1 heterocycles. The molecule has 0 saturated heterocycles. The fraction of sp³-hybridized carbons (Fsp3) is 0.276. The van der Waals surface area contributed by atoms with Crippen molar-refractivity contribution < 1.29 is 9.18 Å². The standard InChI is InChI=1S/C29H30FN3O2/c1-18(2)17-32(28(34)22-11-13-23(30)14-12-22)21(5)27-31-25-9-7-6-8-24(25)29(35)33(27)26-15-10-19(3)16-20(26)4/h6-16,18,21H,17H2,1-5H3. The molecule has 0 N–H and O–H groups in total. The molecule has 0 bridgehead atoms. The van der Waals surface area contributed by atoms with Crippen molar-refractivity contribution in [3.63, 3.8) is 0 Å². The number of benzene rings is 3. The first-order chi connectivity index (χ1) is 16.7. The maximum Gasteiger partial charge on any atom is 0.266 e. The molecular weight excluding hydrogens is 441 g/mol. The molecule has 1 amide bonds. The quantitative estimate of drug-likeness (QED) is 0.347. The summed E-state index contributed by atoms with van der Waals surface area (Å²) in [5.41, 5.74) is 3.57. The van der Waals surface area contributed by atoms with Crippen LogP contribution in [-0.2, 0) is 0 Å². The lowest BCUT2D eigenvalue weighted by Crippen LogP contribution is -2.39. The predicted molar refractivity (Wildman–Crippen MR) is 138 cm³/mol. The third-order valence-corrected chi connectivity index (χ3v) is 6.15. The van der Waals surface area contributed by atoms with E-state index in [2.05, 4.69) is 0 Å². The van der Waals surface area contributed by atoms with Crippen LogP contribution in [0.25, 0.3) is 16.6 Å². The highest BCUT2D eigenvalue weighted by atomic mass is 19.1. The first kappa shape index (κ1) is 24.3. The second-order valence-corrected chi connectivity index (χ2v) is 9.45. The third-order valence-electron chi connectivity index (χ3n) is 6.15.